The molecule has 0 aliphatic rings. The number of aromatic nitrogens is 4. The fraction of sp³-hybridized carbons (Fsp3) is 0.0667. The predicted molar refractivity (Wildman–Crippen MR) is 78.2 cm³/mol. The highest BCUT2D eigenvalue weighted by Gasteiger charge is 2.13. The Labute approximate surface area is 133 Å². The number of carbonyl (C=O) groups excluding carboxylic acids is 1. The number of aryl methyl sites for hydroxylation is 1. The first-order valence-corrected chi connectivity index (χ1v) is 6.77. The van der Waals surface area contributed by atoms with Gasteiger partial charge in [-0.05, 0) is 53.7 Å². The summed E-state index contributed by atoms with van der Waals surface area (Å²) in [6, 6.07) is 6.57. The smallest absolute Gasteiger partial charge is 0.255 e. The first-order valence-electron chi connectivity index (χ1n) is 6.77. The van der Waals surface area contributed by atoms with Gasteiger partial charge in [0.1, 0.15) is 11.5 Å². The number of hydrogen-bond acceptors (Lipinski definition) is 4. The number of nitrogens with zero attached hydrogens (tertiary/aromatic N) is 4. The Morgan fingerprint density at radius 1 is 1.04 bits per heavy atom. The highest BCUT2D eigenvalue weighted by molar-refractivity contribution is 6.04. The molecule has 9 heteroatoms. The molecule has 0 fully saturated rings. The van der Waals surface area contributed by atoms with Crippen molar-refractivity contribution in [2.75, 3.05) is 5.32 Å². The third kappa shape index (κ3) is 2.96. The minimum Gasteiger partial charge on any atom is -0.322 e. The minimum atomic E-state index is -1.13. The summed E-state index contributed by atoms with van der Waals surface area (Å²) < 4.78 is 41.2. The number of rotatable bonds is 3. The molecule has 0 bridgehead atoms. The molecular weight excluding hydrogens is 323 g/mol. The van der Waals surface area contributed by atoms with E-state index in [0.29, 0.717) is 5.82 Å². The van der Waals surface area contributed by atoms with Gasteiger partial charge in [-0.1, -0.05) is 0 Å². The lowest BCUT2D eigenvalue weighted by Crippen LogP contribution is -2.13. The summed E-state index contributed by atoms with van der Waals surface area (Å²) in [5.41, 5.74) is 0.218. The lowest BCUT2D eigenvalue weighted by Gasteiger charge is -2.09. The minimum absolute atomic E-state index is 0.0422. The van der Waals surface area contributed by atoms with Crippen LogP contribution < -0.4 is 5.32 Å². The lowest BCUT2D eigenvalue weighted by molar-refractivity contribution is 0.102. The van der Waals surface area contributed by atoms with Crippen LogP contribution in [0.15, 0.2) is 36.4 Å². The zero-order chi connectivity index (χ0) is 17.3. The largest absolute Gasteiger partial charge is 0.322 e. The molecule has 0 saturated heterocycles. The fourth-order valence-corrected chi connectivity index (χ4v) is 2.05. The Morgan fingerprint density at radius 2 is 1.79 bits per heavy atom. The van der Waals surface area contributed by atoms with Gasteiger partial charge in [-0.15, -0.1) is 5.10 Å². The quantitative estimate of drug-likeness (QED) is 0.800. The van der Waals surface area contributed by atoms with E-state index in [0.717, 1.165) is 24.3 Å². The SMILES string of the molecule is Cc1nnnn1-c1cc(NC(=O)c2ccc(F)c(F)c2)ccc1F. The van der Waals surface area contributed by atoms with Gasteiger partial charge in [0.25, 0.3) is 5.91 Å². The van der Waals surface area contributed by atoms with Gasteiger partial charge < -0.3 is 5.32 Å². The molecule has 0 radical (unpaired) electrons. The molecule has 122 valence electrons. The molecule has 1 aromatic heterocycles. The average Bonchev–Trinajstić information content (AvgIpc) is 2.97. The second-order valence-electron chi connectivity index (χ2n) is 4.89. The molecule has 3 rings (SSSR count). The molecule has 2 aromatic carbocycles. The zero-order valence-electron chi connectivity index (χ0n) is 12.3. The summed E-state index contributed by atoms with van der Waals surface area (Å²) in [5, 5.41) is 13.2. The Hall–Kier alpha value is -3.23. The number of carbonyl (C=O) groups is 1. The number of amides is 1. The maximum Gasteiger partial charge on any atom is 0.255 e. The van der Waals surface area contributed by atoms with Gasteiger partial charge in [-0.25, -0.2) is 13.2 Å². The Morgan fingerprint density at radius 3 is 2.46 bits per heavy atom. The van der Waals surface area contributed by atoms with Crippen LogP contribution in [0.2, 0.25) is 0 Å². The number of anilines is 1. The first kappa shape index (κ1) is 15.7. The van der Waals surface area contributed by atoms with Gasteiger partial charge in [-0.2, -0.15) is 4.68 Å². The number of halogens is 3. The van der Waals surface area contributed by atoms with E-state index in [2.05, 4.69) is 20.8 Å². The second-order valence-corrected chi connectivity index (χ2v) is 4.89. The molecule has 24 heavy (non-hydrogen) atoms. The molecule has 1 heterocycles. The van der Waals surface area contributed by atoms with Gasteiger partial charge >= 0.3 is 0 Å². The van der Waals surface area contributed by atoms with Gasteiger partial charge in [0.2, 0.25) is 0 Å². The van der Waals surface area contributed by atoms with E-state index in [4.69, 9.17) is 0 Å². The van der Waals surface area contributed by atoms with Gasteiger partial charge in [0, 0.05) is 11.3 Å². The molecule has 0 saturated carbocycles. The number of benzene rings is 2. The van der Waals surface area contributed by atoms with Crippen LogP contribution in [0.3, 0.4) is 0 Å². The average molecular weight is 333 g/mol. The Kier molecular flexibility index (Phi) is 3.98. The summed E-state index contributed by atoms with van der Waals surface area (Å²) in [4.78, 5) is 12.1. The first-order chi connectivity index (χ1) is 11.5. The third-order valence-corrected chi connectivity index (χ3v) is 3.24. The number of nitrogens with one attached hydrogen (secondary N) is 1. The van der Waals surface area contributed by atoms with E-state index in [1.165, 1.54) is 16.8 Å². The second kappa shape index (κ2) is 6.11. The summed E-state index contributed by atoms with van der Waals surface area (Å²) in [7, 11) is 0. The van der Waals surface area contributed by atoms with Crippen molar-refractivity contribution in [3.8, 4) is 5.69 Å². The standard InChI is InChI=1S/C15H10F3N5O/c1-8-20-21-22-23(8)14-7-10(3-5-12(14)17)19-15(24)9-2-4-11(16)13(18)6-9/h2-7H,1H3,(H,19,24). The molecular formula is C15H10F3N5O. The van der Waals surface area contributed by atoms with E-state index in [1.807, 2.05) is 0 Å². The van der Waals surface area contributed by atoms with Crippen molar-refractivity contribution >= 4 is 11.6 Å². The highest BCUT2D eigenvalue weighted by Crippen LogP contribution is 2.20. The maximum absolute atomic E-state index is 14.0. The summed E-state index contributed by atoms with van der Waals surface area (Å²) in [6.45, 7) is 1.59. The normalized spacial score (nSPS) is 10.7. The van der Waals surface area contributed by atoms with Crippen molar-refractivity contribution in [3.05, 3.63) is 65.2 Å². The van der Waals surface area contributed by atoms with Gasteiger partial charge in [-0.3, -0.25) is 4.79 Å². The van der Waals surface area contributed by atoms with Gasteiger partial charge in [0.15, 0.2) is 17.5 Å². The molecule has 0 atom stereocenters. The molecule has 0 unspecified atom stereocenters. The predicted octanol–water partition coefficient (Wildman–Crippen LogP) is 2.64. The Balaban J connectivity index is 1.89. The van der Waals surface area contributed by atoms with E-state index in [1.54, 1.807) is 6.92 Å². The number of tetrazole rings is 1. The summed E-state index contributed by atoms with van der Waals surface area (Å²) in [6.07, 6.45) is 0. The van der Waals surface area contributed by atoms with Crippen LogP contribution in [-0.2, 0) is 0 Å². The Bertz CT molecular complexity index is 925. The molecule has 1 amide bonds. The van der Waals surface area contributed by atoms with Crippen LogP contribution in [-0.4, -0.2) is 26.1 Å². The van der Waals surface area contributed by atoms with Crippen molar-refractivity contribution in [1.29, 1.82) is 0 Å². The topological polar surface area (TPSA) is 72.7 Å². The highest BCUT2D eigenvalue weighted by atomic mass is 19.2. The molecule has 3 aromatic rings. The van der Waals surface area contributed by atoms with E-state index in [9.17, 15) is 18.0 Å². The van der Waals surface area contributed by atoms with Crippen molar-refractivity contribution in [2.24, 2.45) is 0 Å². The summed E-state index contributed by atoms with van der Waals surface area (Å²) in [5.74, 6) is -3.08. The number of hydrogen-bond donors (Lipinski definition) is 1. The van der Waals surface area contributed by atoms with Crippen LogP contribution in [0.4, 0.5) is 18.9 Å². The fourth-order valence-electron chi connectivity index (χ4n) is 2.05. The van der Waals surface area contributed by atoms with Crippen molar-refractivity contribution in [3.63, 3.8) is 0 Å². The molecule has 1 N–H and O–H groups in total. The van der Waals surface area contributed by atoms with E-state index < -0.39 is 23.4 Å². The van der Waals surface area contributed by atoms with Crippen molar-refractivity contribution in [1.82, 2.24) is 20.2 Å². The van der Waals surface area contributed by atoms with Crippen LogP contribution >= 0.6 is 0 Å². The van der Waals surface area contributed by atoms with Crippen molar-refractivity contribution < 1.29 is 18.0 Å². The van der Waals surface area contributed by atoms with E-state index in [-0.39, 0.29) is 16.9 Å². The zero-order valence-corrected chi connectivity index (χ0v) is 12.3. The summed E-state index contributed by atoms with van der Waals surface area (Å²) >= 11 is 0. The van der Waals surface area contributed by atoms with Crippen LogP contribution in [0.25, 0.3) is 5.69 Å². The van der Waals surface area contributed by atoms with Crippen LogP contribution in [0, 0.1) is 24.4 Å². The molecule has 0 aliphatic heterocycles. The van der Waals surface area contributed by atoms with Crippen LogP contribution in [0.5, 0.6) is 0 Å². The van der Waals surface area contributed by atoms with Gasteiger partial charge in [0.05, 0.1) is 0 Å². The molecule has 0 spiro atoms. The van der Waals surface area contributed by atoms with Crippen LogP contribution in [0.1, 0.15) is 16.2 Å². The lowest BCUT2D eigenvalue weighted by atomic mass is 10.2. The molecule has 0 aliphatic carbocycles. The monoisotopic (exact) mass is 333 g/mol. The third-order valence-electron chi connectivity index (χ3n) is 3.24. The van der Waals surface area contributed by atoms with Crippen molar-refractivity contribution in [2.45, 2.75) is 6.92 Å². The maximum atomic E-state index is 14.0. The van der Waals surface area contributed by atoms with E-state index >= 15 is 0 Å². The molecule has 6 nitrogen and oxygen atoms in total.